The lowest BCUT2D eigenvalue weighted by Crippen LogP contribution is -2.27. The zero-order valence-electron chi connectivity index (χ0n) is 16.4. The lowest BCUT2D eigenvalue weighted by molar-refractivity contribution is -0.121. The first-order chi connectivity index (χ1) is 14.1. The van der Waals surface area contributed by atoms with Crippen molar-refractivity contribution in [3.8, 4) is 11.3 Å². The highest BCUT2D eigenvalue weighted by atomic mass is 32.1. The maximum absolute atomic E-state index is 12.4. The van der Waals surface area contributed by atoms with Crippen LogP contribution in [0.5, 0.6) is 0 Å². The molecule has 0 saturated carbocycles. The summed E-state index contributed by atoms with van der Waals surface area (Å²) < 4.78 is 1.97. The number of imidazole rings is 1. The van der Waals surface area contributed by atoms with Gasteiger partial charge in [-0.3, -0.25) is 14.2 Å². The van der Waals surface area contributed by atoms with Gasteiger partial charge in [-0.15, -0.1) is 11.3 Å². The van der Waals surface area contributed by atoms with Crippen LogP contribution in [0.25, 0.3) is 16.9 Å². The topological polar surface area (TPSA) is 71.3 Å². The van der Waals surface area contributed by atoms with E-state index in [4.69, 9.17) is 4.98 Å². The molecule has 6 nitrogen and oxygen atoms in total. The Bertz CT molecular complexity index is 1100. The molecule has 3 heterocycles. The van der Waals surface area contributed by atoms with Crippen LogP contribution in [0.3, 0.4) is 0 Å². The average molecular weight is 406 g/mol. The summed E-state index contributed by atoms with van der Waals surface area (Å²) in [7, 11) is 0. The maximum atomic E-state index is 12.4. The van der Waals surface area contributed by atoms with Crippen LogP contribution in [0.2, 0.25) is 0 Å². The number of hydrogen-bond acceptors (Lipinski definition) is 5. The average Bonchev–Trinajstić information content (AvgIpc) is 3.37. The summed E-state index contributed by atoms with van der Waals surface area (Å²) >= 11 is 1.65. The number of fused-ring (bicyclic) bond motifs is 1. The highest BCUT2D eigenvalue weighted by Gasteiger charge is 2.15. The first kappa shape index (κ1) is 19.1. The van der Waals surface area contributed by atoms with E-state index in [1.54, 1.807) is 23.7 Å². The number of carbonyl (C=O) groups is 1. The number of rotatable bonds is 7. The third kappa shape index (κ3) is 4.30. The Morgan fingerprint density at radius 3 is 2.83 bits per heavy atom. The van der Waals surface area contributed by atoms with Gasteiger partial charge < -0.3 is 10.6 Å². The highest BCUT2D eigenvalue weighted by molar-refractivity contribution is 7.10. The fraction of sp³-hybridized carbons (Fsp3) is 0.227. The third-order valence-electron chi connectivity index (χ3n) is 4.75. The van der Waals surface area contributed by atoms with E-state index in [0.717, 1.165) is 27.6 Å². The molecule has 0 aliphatic rings. The van der Waals surface area contributed by atoms with Crippen LogP contribution >= 0.6 is 11.3 Å². The lowest BCUT2D eigenvalue weighted by Gasteiger charge is -2.13. The van der Waals surface area contributed by atoms with Crippen LogP contribution in [-0.4, -0.2) is 26.8 Å². The van der Waals surface area contributed by atoms with Crippen molar-refractivity contribution in [2.24, 2.45) is 0 Å². The second-order valence-electron chi connectivity index (χ2n) is 6.96. The van der Waals surface area contributed by atoms with Crippen molar-refractivity contribution in [2.75, 3.05) is 11.9 Å². The molecule has 2 N–H and O–H groups in total. The Labute approximate surface area is 173 Å². The Hall–Kier alpha value is -3.19. The molecule has 3 aromatic heterocycles. The van der Waals surface area contributed by atoms with E-state index in [1.807, 2.05) is 35.0 Å². The van der Waals surface area contributed by atoms with E-state index in [-0.39, 0.29) is 11.9 Å². The van der Waals surface area contributed by atoms with Crippen LogP contribution in [0.1, 0.15) is 29.8 Å². The molecule has 1 amide bonds. The number of aryl methyl sites for hydroxylation is 1. The van der Waals surface area contributed by atoms with E-state index in [0.29, 0.717) is 13.0 Å². The largest absolute Gasteiger partial charge is 0.369 e. The smallest absolute Gasteiger partial charge is 0.222 e. The minimum Gasteiger partial charge on any atom is -0.369 e. The molecule has 1 unspecified atom stereocenters. The van der Waals surface area contributed by atoms with Crippen molar-refractivity contribution in [3.63, 3.8) is 0 Å². The molecule has 0 radical (unpaired) electrons. The Morgan fingerprint density at radius 2 is 2.07 bits per heavy atom. The summed E-state index contributed by atoms with van der Waals surface area (Å²) in [5.41, 5.74) is 3.84. The fourth-order valence-electron chi connectivity index (χ4n) is 3.21. The quantitative estimate of drug-likeness (QED) is 0.477. The molecule has 0 aliphatic heterocycles. The SMILES string of the molecule is Cc1ccc(-c2nc3cnccn3c2NCCC(=O)NC(C)c2cccs2)cc1. The van der Waals surface area contributed by atoms with E-state index < -0.39 is 0 Å². The van der Waals surface area contributed by atoms with Gasteiger partial charge in [-0.05, 0) is 25.3 Å². The van der Waals surface area contributed by atoms with Crippen molar-refractivity contribution >= 4 is 28.7 Å². The molecule has 148 valence electrons. The monoisotopic (exact) mass is 405 g/mol. The predicted molar refractivity (Wildman–Crippen MR) is 117 cm³/mol. The second kappa shape index (κ2) is 8.45. The van der Waals surface area contributed by atoms with Gasteiger partial charge in [-0.1, -0.05) is 35.9 Å². The zero-order valence-corrected chi connectivity index (χ0v) is 17.2. The molecule has 1 atom stereocenters. The first-order valence-corrected chi connectivity index (χ1v) is 10.5. The molecule has 29 heavy (non-hydrogen) atoms. The van der Waals surface area contributed by atoms with Gasteiger partial charge >= 0.3 is 0 Å². The fourth-order valence-corrected chi connectivity index (χ4v) is 3.94. The van der Waals surface area contributed by atoms with Crippen LogP contribution in [0.15, 0.2) is 60.4 Å². The van der Waals surface area contributed by atoms with E-state index in [9.17, 15) is 4.79 Å². The third-order valence-corrected chi connectivity index (χ3v) is 5.80. The minimum atomic E-state index is 0.0192. The molecule has 4 aromatic rings. The summed E-state index contributed by atoms with van der Waals surface area (Å²) in [4.78, 5) is 22.4. The van der Waals surface area contributed by atoms with Gasteiger partial charge in [0.1, 0.15) is 11.5 Å². The van der Waals surface area contributed by atoms with Gasteiger partial charge in [0, 0.05) is 35.8 Å². The van der Waals surface area contributed by atoms with E-state index in [1.165, 1.54) is 5.56 Å². The number of amides is 1. The lowest BCUT2D eigenvalue weighted by atomic mass is 10.1. The van der Waals surface area contributed by atoms with Crippen molar-refractivity contribution in [2.45, 2.75) is 26.3 Å². The molecule has 0 fully saturated rings. The van der Waals surface area contributed by atoms with Crippen molar-refractivity contribution < 1.29 is 4.79 Å². The van der Waals surface area contributed by atoms with E-state index in [2.05, 4.69) is 46.8 Å². The Morgan fingerprint density at radius 1 is 1.24 bits per heavy atom. The second-order valence-corrected chi connectivity index (χ2v) is 7.94. The molecular weight excluding hydrogens is 382 g/mol. The van der Waals surface area contributed by atoms with Gasteiger partial charge in [0.25, 0.3) is 0 Å². The molecule has 1 aromatic carbocycles. The van der Waals surface area contributed by atoms with Crippen molar-refractivity contribution in [1.82, 2.24) is 19.7 Å². The molecule has 4 rings (SSSR count). The molecule has 0 saturated heterocycles. The standard InChI is InChI=1S/C22H23N5OS/c1-15-5-7-17(8-6-15)21-22(27-12-11-23-14-19(27)26-21)24-10-9-20(28)25-16(2)18-4-3-13-29-18/h3-8,11-14,16,24H,9-10H2,1-2H3,(H,25,28). The van der Waals surface area contributed by atoms with Gasteiger partial charge in [0.2, 0.25) is 5.91 Å². The van der Waals surface area contributed by atoms with E-state index >= 15 is 0 Å². The van der Waals surface area contributed by atoms with Gasteiger partial charge in [-0.25, -0.2) is 4.98 Å². The Balaban J connectivity index is 1.48. The number of carbonyl (C=O) groups excluding carboxylic acids is 1. The molecular formula is C22H23N5OS. The zero-order chi connectivity index (χ0) is 20.2. The highest BCUT2D eigenvalue weighted by Crippen LogP contribution is 2.28. The van der Waals surface area contributed by atoms with Crippen LogP contribution in [0.4, 0.5) is 5.82 Å². The molecule has 0 spiro atoms. The normalized spacial score (nSPS) is 12.1. The first-order valence-electron chi connectivity index (χ1n) is 9.57. The molecule has 0 aliphatic carbocycles. The number of thiophene rings is 1. The number of nitrogens with one attached hydrogen (secondary N) is 2. The number of aromatic nitrogens is 3. The summed E-state index contributed by atoms with van der Waals surface area (Å²) in [5, 5.41) is 8.47. The number of anilines is 1. The Kier molecular flexibility index (Phi) is 5.57. The summed E-state index contributed by atoms with van der Waals surface area (Å²) in [6, 6.07) is 12.3. The minimum absolute atomic E-state index is 0.0192. The molecule has 7 heteroatoms. The summed E-state index contributed by atoms with van der Waals surface area (Å²) in [6.07, 6.45) is 5.72. The summed E-state index contributed by atoms with van der Waals surface area (Å²) in [6.45, 7) is 4.58. The van der Waals surface area contributed by atoms with Gasteiger partial charge in [0.15, 0.2) is 5.65 Å². The number of hydrogen-bond donors (Lipinski definition) is 2. The van der Waals surface area contributed by atoms with Crippen LogP contribution < -0.4 is 10.6 Å². The van der Waals surface area contributed by atoms with Crippen LogP contribution in [-0.2, 0) is 4.79 Å². The van der Waals surface area contributed by atoms with Crippen molar-refractivity contribution in [3.05, 3.63) is 70.8 Å². The molecule has 0 bridgehead atoms. The number of nitrogens with zero attached hydrogens (tertiary/aromatic N) is 3. The van der Waals surface area contributed by atoms with Gasteiger partial charge in [-0.2, -0.15) is 0 Å². The maximum Gasteiger partial charge on any atom is 0.222 e. The summed E-state index contributed by atoms with van der Waals surface area (Å²) in [5.74, 6) is 0.885. The van der Waals surface area contributed by atoms with Crippen LogP contribution in [0, 0.1) is 6.92 Å². The predicted octanol–water partition coefficient (Wildman–Crippen LogP) is 4.45. The van der Waals surface area contributed by atoms with Crippen molar-refractivity contribution in [1.29, 1.82) is 0 Å². The van der Waals surface area contributed by atoms with Gasteiger partial charge in [0.05, 0.1) is 12.2 Å². The number of benzene rings is 1.